The fourth-order valence-electron chi connectivity index (χ4n) is 9.04. The van der Waals surface area contributed by atoms with E-state index in [-0.39, 0.29) is 62.9 Å². The van der Waals surface area contributed by atoms with Crippen LogP contribution in [0.5, 0.6) is 0 Å². The molecule has 0 aliphatic heterocycles. The summed E-state index contributed by atoms with van der Waals surface area (Å²) in [5, 5.41) is 50.1. The molecule has 0 heterocycles. The molecule has 5 unspecified atom stereocenters. The van der Waals surface area contributed by atoms with E-state index >= 15 is 0 Å². The van der Waals surface area contributed by atoms with Crippen LogP contribution in [0.2, 0.25) is 0 Å². The number of aliphatic hydroxyl groups is 5. The Morgan fingerprint density at radius 1 is 0.330 bits per heavy atom. The van der Waals surface area contributed by atoms with Crippen LogP contribution in [-0.2, 0) is 97.5 Å². The first-order valence-corrected chi connectivity index (χ1v) is 36.2. The number of hydrogen-bond acceptors (Lipinski definition) is 15. The maximum Gasteiger partial charge on any atom is 0.311 e. The molecule has 0 aromatic heterocycles. The third-order valence-electron chi connectivity index (χ3n) is 19.2. The Kier molecular flexibility index (Phi) is 38.3. The molecular formula is C85H130O15. The molecule has 5 N–H and O–H groups in total. The van der Waals surface area contributed by atoms with Gasteiger partial charge in [0.2, 0.25) is 0 Å². The van der Waals surface area contributed by atoms with Crippen molar-refractivity contribution in [1.29, 1.82) is 0 Å². The van der Waals surface area contributed by atoms with Gasteiger partial charge in [-0.1, -0.05) is 197 Å². The minimum atomic E-state index is -0.826. The van der Waals surface area contributed by atoms with Gasteiger partial charge < -0.3 is 49.2 Å². The van der Waals surface area contributed by atoms with Gasteiger partial charge in [-0.15, -0.1) is 0 Å². The zero-order valence-corrected chi connectivity index (χ0v) is 65.7. The molecule has 0 amide bonds. The van der Waals surface area contributed by atoms with Gasteiger partial charge in [0, 0.05) is 0 Å². The normalized spacial score (nSPS) is 14.1. The van der Waals surface area contributed by atoms with Gasteiger partial charge in [-0.05, 0) is 216 Å². The van der Waals surface area contributed by atoms with Crippen molar-refractivity contribution in [2.75, 3.05) is 0 Å². The quantitative estimate of drug-likeness (QED) is 0.0205. The van der Waals surface area contributed by atoms with Gasteiger partial charge in [0.1, 0.15) is 33.0 Å². The average Bonchev–Trinajstić information content (AvgIpc) is 0.853. The van der Waals surface area contributed by atoms with Gasteiger partial charge in [-0.3, -0.25) is 24.0 Å². The fraction of sp³-hybridized carbons (Fsp3) is 0.588. The van der Waals surface area contributed by atoms with Gasteiger partial charge in [-0.2, -0.15) is 0 Å². The molecular weight excluding hydrogens is 1260 g/mol. The van der Waals surface area contributed by atoms with Crippen molar-refractivity contribution >= 4 is 29.8 Å². The number of aliphatic hydroxyl groups excluding tert-OH is 2. The molecule has 560 valence electrons. The number of rotatable bonds is 31. The van der Waals surface area contributed by atoms with Crippen molar-refractivity contribution in [2.45, 2.75) is 292 Å². The van der Waals surface area contributed by atoms with Gasteiger partial charge in [0.15, 0.2) is 0 Å². The first-order chi connectivity index (χ1) is 46.3. The van der Waals surface area contributed by atoms with Crippen LogP contribution < -0.4 is 0 Å². The van der Waals surface area contributed by atoms with Crippen LogP contribution in [0.25, 0.3) is 0 Å². The summed E-state index contributed by atoms with van der Waals surface area (Å²) in [6.45, 7) is 47.4. The summed E-state index contributed by atoms with van der Waals surface area (Å²) < 4.78 is 26.7. The highest BCUT2D eigenvalue weighted by Gasteiger charge is 2.32. The minimum Gasteiger partial charge on any atom is -0.460 e. The lowest BCUT2D eigenvalue weighted by Gasteiger charge is -2.26. The van der Waals surface area contributed by atoms with E-state index in [9.17, 15) is 49.5 Å². The summed E-state index contributed by atoms with van der Waals surface area (Å²) >= 11 is 0. The van der Waals surface area contributed by atoms with Crippen molar-refractivity contribution in [2.24, 2.45) is 33.0 Å². The Morgan fingerprint density at radius 2 is 0.560 bits per heavy atom. The maximum atomic E-state index is 12.0. The van der Waals surface area contributed by atoms with Crippen molar-refractivity contribution in [3.63, 3.8) is 0 Å². The Balaban J connectivity index is 0.000000626. The van der Waals surface area contributed by atoms with E-state index in [0.29, 0.717) is 25.2 Å². The number of carbonyl (C=O) groups is 5. The second-order valence-corrected chi connectivity index (χ2v) is 30.8. The summed E-state index contributed by atoms with van der Waals surface area (Å²) in [6.07, 6.45) is 6.61. The molecule has 0 aliphatic rings. The van der Waals surface area contributed by atoms with E-state index in [4.69, 9.17) is 23.7 Å². The Bertz CT molecular complexity index is 3180. The third-order valence-corrected chi connectivity index (χ3v) is 19.2. The second-order valence-electron chi connectivity index (χ2n) is 30.8. The average molecular weight is 1390 g/mol. The van der Waals surface area contributed by atoms with Crippen molar-refractivity contribution in [1.82, 2.24) is 0 Å². The lowest BCUT2D eigenvalue weighted by Crippen LogP contribution is -2.25. The van der Waals surface area contributed by atoms with Crippen LogP contribution in [0.4, 0.5) is 0 Å². The molecule has 15 heteroatoms. The van der Waals surface area contributed by atoms with Gasteiger partial charge in [0.25, 0.3) is 0 Å². The van der Waals surface area contributed by atoms with E-state index < -0.39 is 56.1 Å². The van der Waals surface area contributed by atoms with E-state index in [1.54, 1.807) is 13.8 Å². The highest BCUT2D eigenvalue weighted by atomic mass is 16.5. The van der Waals surface area contributed by atoms with E-state index in [2.05, 4.69) is 20.8 Å². The summed E-state index contributed by atoms with van der Waals surface area (Å²) in [6, 6.07) is 37.8. The minimum absolute atomic E-state index is 0.173. The van der Waals surface area contributed by atoms with Crippen molar-refractivity contribution in [3.8, 4) is 0 Å². The summed E-state index contributed by atoms with van der Waals surface area (Å²) in [4.78, 5) is 59.4. The molecule has 15 nitrogen and oxygen atoms in total. The molecule has 0 spiro atoms. The predicted molar refractivity (Wildman–Crippen MR) is 401 cm³/mol. The van der Waals surface area contributed by atoms with Gasteiger partial charge in [-0.25, -0.2) is 0 Å². The zero-order valence-electron chi connectivity index (χ0n) is 65.7. The first-order valence-electron chi connectivity index (χ1n) is 36.2. The lowest BCUT2D eigenvalue weighted by atomic mass is 9.87. The summed E-state index contributed by atoms with van der Waals surface area (Å²) in [7, 11) is 0. The standard InChI is InChI=1S/C19H30O3.C18H28O3.C17H26O3.C16H24O3.C15H22O3/c1-7-18(4,5)17(20)22-13-15-8-10-16(11-9-15)19(6,21)12-14(2)3;1-6-12-18(5,20)15-10-8-14(9-11-15)13-21-16(19)17(3,4)7-2;1-6-16(3,4)15(18)20-12-13-8-10-14(11-9-13)17(5,19)7-2;1-5-14(17)13-9-7-12(8-10-13)11-19-15(18)16(3,4)6-2;1-5-15(3,4)14(17)18-10-12-6-8-13(9-7-12)11(2)16/h8-11,14,21H,7,12-13H2,1-6H3;8-11,20H,6-7,12-13H2,1-5H3;8-11,19H,6-7,12H2,1-5H3;7-10,14,17H,5-6,11H2,1-4H3;6-9,11,16H,5,10H2,1-4H3. The summed E-state index contributed by atoms with van der Waals surface area (Å²) in [5.41, 5.74) is 4.48. The monoisotopic (exact) mass is 1390 g/mol. The van der Waals surface area contributed by atoms with Crippen LogP contribution in [0, 0.1) is 33.0 Å². The fourth-order valence-corrected chi connectivity index (χ4v) is 9.04. The highest BCUT2D eigenvalue weighted by molar-refractivity contribution is 5.77. The van der Waals surface area contributed by atoms with Crippen molar-refractivity contribution in [3.05, 3.63) is 177 Å². The van der Waals surface area contributed by atoms with E-state index in [1.165, 1.54) is 0 Å². The molecule has 0 radical (unpaired) electrons. The Labute approximate surface area is 602 Å². The molecule has 5 atom stereocenters. The molecule has 0 fully saturated rings. The molecule has 5 aromatic rings. The number of esters is 5. The van der Waals surface area contributed by atoms with Gasteiger partial charge >= 0.3 is 29.8 Å². The largest absolute Gasteiger partial charge is 0.460 e. The van der Waals surface area contributed by atoms with Crippen LogP contribution in [0.1, 0.15) is 298 Å². The molecule has 5 aromatic carbocycles. The second kappa shape index (κ2) is 42.0. The zero-order chi connectivity index (χ0) is 76.7. The van der Waals surface area contributed by atoms with Crippen LogP contribution in [0.3, 0.4) is 0 Å². The molecule has 100 heavy (non-hydrogen) atoms. The number of carbonyl (C=O) groups excluding carboxylic acids is 5. The lowest BCUT2D eigenvalue weighted by molar-refractivity contribution is -0.156. The molecule has 5 rings (SSSR count). The Morgan fingerprint density at radius 3 is 0.770 bits per heavy atom. The molecule has 0 saturated heterocycles. The molecule has 0 aliphatic carbocycles. The predicted octanol–water partition coefficient (Wildman–Crippen LogP) is 19.2. The number of hydrogen-bond donors (Lipinski definition) is 5. The topological polar surface area (TPSA) is 233 Å². The Hall–Kier alpha value is -6.75. The van der Waals surface area contributed by atoms with Crippen LogP contribution >= 0.6 is 0 Å². The maximum absolute atomic E-state index is 12.0. The number of ether oxygens (including phenoxy) is 5. The van der Waals surface area contributed by atoms with Crippen molar-refractivity contribution < 1.29 is 73.2 Å². The third kappa shape index (κ3) is 31.6. The van der Waals surface area contributed by atoms with Crippen LogP contribution in [-0.4, -0.2) is 55.4 Å². The molecule has 0 bridgehead atoms. The first kappa shape index (κ1) is 91.3. The van der Waals surface area contributed by atoms with E-state index in [1.807, 2.05) is 253 Å². The van der Waals surface area contributed by atoms with E-state index in [0.717, 1.165) is 101 Å². The molecule has 0 saturated carbocycles. The summed E-state index contributed by atoms with van der Waals surface area (Å²) in [5.74, 6) is -0.452. The van der Waals surface area contributed by atoms with Gasteiger partial charge in [0.05, 0.1) is 56.1 Å². The SMILES string of the molecule is CCC(C)(C)C(=O)OCc1ccc(C(C)(O)CC(C)C)cc1.CCC(C)(C)C(=O)OCc1ccc(C(C)(O)CC)cc1.CCC(C)(C)C(=O)OCc1ccc(C(C)O)cc1.CCC(O)c1ccc(COC(=O)C(C)(C)CC)cc1.CCCC(C)(O)c1ccc(COC(=O)C(C)(C)CC)cc1. The van der Waals surface area contributed by atoms with Crippen LogP contribution in [0.15, 0.2) is 121 Å². The smallest absolute Gasteiger partial charge is 0.311 e. The number of benzene rings is 5. The highest BCUT2D eigenvalue weighted by Crippen LogP contribution is 2.32.